The maximum absolute atomic E-state index is 12.3. The van der Waals surface area contributed by atoms with E-state index in [4.69, 9.17) is 9.26 Å². The highest BCUT2D eigenvalue weighted by Gasteiger charge is 2.16. The summed E-state index contributed by atoms with van der Waals surface area (Å²) in [6.45, 7) is 5.61. The molecule has 32 heavy (non-hydrogen) atoms. The smallest absolute Gasteiger partial charge is 0.227 e. The van der Waals surface area contributed by atoms with E-state index in [2.05, 4.69) is 39.4 Å². The minimum atomic E-state index is -0.0770. The number of nitrogens with zero attached hydrogens (tertiary/aromatic N) is 3. The minimum Gasteiger partial charge on any atom is -0.497 e. The number of carbonyl (C=O) groups excluding carboxylic acids is 1. The summed E-state index contributed by atoms with van der Waals surface area (Å²) in [6, 6.07) is 15.5. The van der Waals surface area contributed by atoms with Crippen molar-refractivity contribution in [2.45, 2.75) is 39.2 Å². The Morgan fingerprint density at radius 3 is 2.69 bits per heavy atom. The number of amides is 1. The molecule has 2 aromatic carbocycles. The van der Waals surface area contributed by atoms with E-state index >= 15 is 0 Å². The molecule has 1 aliphatic rings. The number of hydrogen-bond donors (Lipinski definition) is 1. The molecular formula is C25H30N4O3. The summed E-state index contributed by atoms with van der Waals surface area (Å²) in [5.41, 5.74) is 2.91. The van der Waals surface area contributed by atoms with Crippen LogP contribution in [-0.4, -0.2) is 41.1 Å². The Kier molecular flexibility index (Phi) is 7.17. The van der Waals surface area contributed by atoms with E-state index in [-0.39, 0.29) is 12.3 Å². The van der Waals surface area contributed by atoms with Crippen molar-refractivity contribution < 1.29 is 14.1 Å². The fourth-order valence-corrected chi connectivity index (χ4v) is 4.04. The molecule has 1 amide bonds. The highest BCUT2D eigenvalue weighted by Crippen LogP contribution is 2.21. The highest BCUT2D eigenvalue weighted by molar-refractivity contribution is 5.90. The van der Waals surface area contributed by atoms with E-state index in [0.29, 0.717) is 18.1 Å². The van der Waals surface area contributed by atoms with E-state index in [1.54, 1.807) is 7.11 Å². The number of aromatic nitrogens is 2. The fourth-order valence-electron chi connectivity index (χ4n) is 4.04. The number of hydrogen-bond acceptors (Lipinski definition) is 6. The molecule has 0 spiro atoms. The molecule has 1 atom stereocenters. The summed E-state index contributed by atoms with van der Waals surface area (Å²) < 4.78 is 10.5. The molecule has 3 aromatic rings. The van der Waals surface area contributed by atoms with E-state index in [1.165, 1.54) is 24.9 Å². The van der Waals surface area contributed by atoms with Crippen molar-refractivity contribution in [2.24, 2.45) is 5.92 Å². The van der Waals surface area contributed by atoms with Crippen molar-refractivity contribution in [1.29, 1.82) is 0 Å². The van der Waals surface area contributed by atoms with Crippen LogP contribution in [0.15, 0.2) is 53.1 Å². The average Bonchev–Trinajstić information content (AvgIpc) is 3.28. The van der Waals surface area contributed by atoms with Gasteiger partial charge in [-0.3, -0.25) is 9.69 Å². The lowest BCUT2D eigenvalue weighted by Gasteiger charge is -2.30. The second kappa shape index (κ2) is 10.4. The Morgan fingerprint density at radius 1 is 1.19 bits per heavy atom. The Bertz CT molecular complexity index is 1010. The van der Waals surface area contributed by atoms with Gasteiger partial charge in [0.2, 0.25) is 17.6 Å². The van der Waals surface area contributed by atoms with Gasteiger partial charge in [0, 0.05) is 37.2 Å². The molecule has 1 unspecified atom stereocenters. The summed E-state index contributed by atoms with van der Waals surface area (Å²) in [4.78, 5) is 19.2. The maximum Gasteiger partial charge on any atom is 0.227 e. The van der Waals surface area contributed by atoms with Gasteiger partial charge in [0.1, 0.15) is 5.75 Å². The molecule has 1 N–H and O–H groups in total. The zero-order chi connectivity index (χ0) is 22.3. The first kappa shape index (κ1) is 22.0. The summed E-state index contributed by atoms with van der Waals surface area (Å²) in [7, 11) is 1.62. The number of likely N-dealkylation sites (tertiary alicyclic amines) is 1. The monoisotopic (exact) mass is 434 g/mol. The van der Waals surface area contributed by atoms with Crippen LogP contribution in [-0.2, 0) is 17.8 Å². The number of rotatable bonds is 8. The van der Waals surface area contributed by atoms with Gasteiger partial charge in [0.15, 0.2) is 0 Å². The molecule has 0 saturated carbocycles. The molecule has 1 aliphatic heterocycles. The van der Waals surface area contributed by atoms with Crippen LogP contribution in [0.2, 0.25) is 0 Å². The molecule has 4 rings (SSSR count). The quantitative estimate of drug-likeness (QED) is 0.560. The molecular weight excluding hydrogens is 404 g/mol. The number of piperidine rings is 1. The number of carbonyl (C=O) groups is 1. The standard InChI is InChI=1S/C25H30N4O3/c1-18-4-3-15-29(16-18)17-19-5-9-21(10-6-19)26-23(30)13-14-24-27-25(28-32-24)20-7-11-22(31-2)12-8-20/h5-12,18H,3-4,13-17H2,1-2H3,(H,26,30). The van der Waals surface area contributed by atoms with Crippen LogP contribution in [0.25, 0.3) is 11.4 Å². The minimum absolute atomic E-state index is 0.0770. The second-order valence-electron chi connectivity index (χ2n) is 8.47. The molecule has 1 saturated heterocycles. The molecule has 0 bridgehead atoms. The van der Waals surface area contributed by atoms with Crippen molar-refractivity contribution in [3.8, 4) is 17.1 Å². The first-order valence-corrected chi connectivity index (χ1v) is 11.2. The second-order valence-corrected chi connectivity index (χ2v) is 8.47. The number of nitrogens with one attached hydrogen (secondary N) is 1. The lowest BCUT2D eigenvalue weighted by atomic mass is 10.00. The fraction of sp³-hybridized carbons (Fsp3) is 0.400. The van der Waals surface area contributed by atoms with Crippen molar-refractivity contribution in [3.05, 3.63) is 60.0 Å². The molecule has 2 heterocycles. The van der Waals surface area contributed by atoms with Gasteiger partial charge < -0.3 is 14.6 Å². The molecule has 0 radical (unpaired) electrons. The maximum atomic E-state index is 12.3. The van der Waals surface area contributed by atoms with Crippen LogP contribution in [0.5, 0.6) is 5.75 Å². The number of ether oxygens (including phenoxy) is 1. The number of benzene rings is 2. The van der Waals surface area contributed by atoms with E-state index < -0.39 is 0 Å². The van der Waals surface area contributed by atoms with Gasteiger partial charge in [-0.2, -0.15) is 4.98 Å². The highest BCUT2D eigenvalue weighted by atomic mass is 16.5. The van der Waals surface area contributed by atoms with E-state index in [9.17, 15) is 4.79 Å². The van der Waals surface area contributed by atoms with Gasteiger partial charge in [0.25, 0.3) is 0 Å². The SMILES string of the molecule is COc1ccc(-c2noc(CCC(=O)Nc3ccc(CN4CCCC(C)C4)cc3)n2)cc1. The van der Waals surface area contributed by atoms with Crippen molar-refractivity contribution in [1.82, 2.24) is 15.0 Å². The molecule has 0 aliphatic carbocycles. The molecule has 7 heteroatoms. The van der Waals surface area contributed by atoms with E-state index in [0.717, 1.165) is 36.0 Å². The van der Waals surface area contributed by atoms with Crippen molar-refractivity contribution >= 4 is 11.6 Å². The number of anilines is 1. The van der Waals surface area contributed by atoms with Crippen LogP contribution in [0, 0.1) is 5.92 Å². The predicted octanol–water partition coefficient (Wildman–Crippen LogP) is 4.55. The normalized spacial score (nSPS) is 16.6. The van der Waals surface area contributed by atoms with Gasteiger partial charge in [-0.25, -0.2) is 0 Å². The van der Waals surface area contributed by atoms with Crippen molar-refractivity contribution in [3.63, 3.8) is 0 Å². The predicted molar refractivity (Wildman–Crippen MR) is 123 cm³/mol. The van der Waals surface area contributed by atoms with Crippen LogP contribution in [0.1, 0.15) is 37.6 Å². The number of methoxy groups -OCH3 is 1. The summed E-state index contributed by atoms with van der Waals surface area (Å²) in [5, 5.41) is 6.95. The Hall–Kier alpha value is -3.19. The molecule has 168 valence electrons. The summed E-state index contributed by atoms with van der Waals surface area (Å²) in [6.07, 6.45) is 3.27. The number of aryl methyl sites for hydroxylation is 1. The van der Waals surface area contributed by atoms with Gasteiger partial charge in [-0.15, -0.1) is 0 Å². The van der Waals surface area contributed by atoms with Gasteiger partial charge in [-0.05, 0) is 67.3 Å². The molecule has 1 aromatic heterocycles. The molecule has 1 fully saturated rings. The Labute approximate surface area is 188 Å². The summed E-state index contributed by atoms with van der Waals surface area (Å²) >= 11 is 0. The first-order valence-electron chi connectivity index (χ1n) is 11.2. The molecule has 7 nitrogen and oxygen atoms in total. The van der Waals surface area contributed by atoms with Crippen LogP contribution >= 0.6 is 0 Å². The van der Waals surface area contributed by atoms with Gasteiger partial charge in [-0.1, -0.05) is 24.2 Å². The first-order chi connectivity index (χ1) is 15.6. The van der Waals surface area contributed by atoms with Crippen molar-refractivity contribution in [2.75, 3.05) is 25.5 Å². The average molecular weight is 435 g/mol. The lowest BCUT2D eigenvalue weighted by molar-refractivity contribution is -0.116. The van der Waals surface area contributed by atoms with E-state index in [1.807, 2.05) is 36.4 Å². The summed E-state index contributed by atoms with van der Waals surface area (Å²) in [5.74, 6) is 2.40. The Balaban J connectivity index is 1.24. The largest absolute Gasteiger partial charge is 0.497 e. The van der Waals surface area contributed by atoms with Crippen LogP contribution < -0.4 is 10.1 Å². The van der Waals surface area contributed by atoms with Crippen LogP contribution in [0.4, 0.5) is 5.69 Å². The third-order valence-corrected chi connectivity index (χ3v) is 5.77. The Morgan fingerprint density at radius 2 is 1.97 bits per heavy atom. The lowest BCUT2D eigenvalue weighted by Crippen LogP contribution is -2.33. The van der Waals surface area contributed by atoms with Gasteiger partial charge in [0.05, 0.1) is 7.11 Å². The van der Waals surface area contributed by atoms with Gasteiger partial charge >= 0.3 is 0 Å². The third-order valence-electron chi connectivity index (χ3n) is 5.77. The zero-order valence-electron chi connectivity index (χ0n) is 18.7. The topological polar surface area (TPSA) is 80.5 Å². The zero-order valence-corrected chi connectivity index (χ0v) is 18.7. The third kappa shape index (κ3) is 5.95. The van der Waals surface area contributed by atoms with Crippen LogP contribution in [0.3, 0.4) is 0 Å².